The van der Waals surface area contributed by atoms with Gasteiger partial charge in [0, 0.05) is 25.2 Å². The van der Waals surface area contributed by atoms with E-state index in [4.69, 9.17) is 9.57 Å². The van der Waals surface area contributed by atoms with Crippen molar-refractivity contribution in [3.05, 3.63) is 67.0 Å². The highest BCUT2D eigenvalue weighted by Gasteiger charge is 2.22. The molecule has 0 bridgehead atoms. The van der Waals surface area contributed by atoms with Crippen LogP contribution in [0.4, 0.5) is 10.5 Å². The molecular weight excluding hydrogens is 382 g/mol. The third kappa shape index (κ3) is 4.96. The maximum absolute atomic E-state index is 12.0. The van der Waals surface area contributed by atoms with Gasteiger partial charge in [-0.15, -0.1) is 0 Å². The molecule has 2 aromatic carbocycles. The summed E-state index contributed by atoms with van der Waals surface area (Å²) < 4.78 is 7.64. The first-order valence-electron chi connectivity index (χ1n) is 9.69. The largest absolute Gasteiger partial charge is 0.489 e. The van der Waals surface area contributed by atoms with Crippen molar-refractivity contribution in [1.82, 2.24) is 15.1 Å². The van der Waals surface area contributed by atoms with Crippen molar-refractivity contribution in [1.29, 1.82) is 0 Å². The molecule has 154 valence electrons. The molecule has 1 aromatic heterocycles. The van der Waals surface area contributed by atoms with Gasteiger partial charge in [-0.2, -0.15) is 5.10 Å². The molecule has 2 heterocycles. The molecule has 1 unspecified atom stereocenters. The number of nitrogens with one attached hydrogen (secondary N) is 2. The Morgan fingerprint density at radius 3 is 2.80 bits per heavy atom. The summed E-state index contributed by atoms with van der Waals surface area (Å²) in [6, 6.07) is 17.7. The van der Waals surface area contributed by atoms with E-state index in [-0.39, 0.29) is 12.1 Å². The van der Waals surface area contributed by atoms with Crippen LogP contribution in [0.25, 0.3) is 11.1 Å². The van der Waals surface area contributed by atoms with Crippen LogP contribution in [0.5, 0.6) is 5.75 Å². The molecular formula is C22H23N5O3. The van der Waals surface area contributed by atoms with E-state index < -0.39 is 0 Å². The zero-order chi connectivity index (χ0) is 20.8. The second-order valence-corrected chi connectivity index (χ2v) is 6.97. The van der Waals surface area contributed by atoms with E-state index >= 15 is 0 Å². The van der Waals surface area contributed by atoms with E-state index in [1.54, 1.807) is 24.1 Å². The van der Waals surface area contributed by atoms with Gasteiger partial charge in [0.15, 0.2) is 6.10 Å². The number of oxime groups is 1. The number of para-hydroxylation sites is 1. The number of rotatable bonds is 7. The number of amides is 2. The maximum atomic E-state index is 12.0. The monoisotopic (exact) mass is 405 g/mol. The molecule has 0 fully saturated rings. The maximum Gasteiger partial charge on any atom is 0.319 e. The number of ether oxygens (including phenoxy) is 1. The molecule has 0 aliphatic carbocycles. The van der Waals surface area contributed by atoms with Crippen molar-refractivity contribution in [2.75, 3.05) is 18.5 Å². The van der Waals surface area contributed by atoms with Crippen LogP contribution in [0.3, 0.4) is 0 Å². The predicted octanol–water partition coefficient (Wildman–Crippen LogP) is 3.43. The van der Waals surface area contributed by atoms with Crippen LogP contribution in [-0.2, 0) is 11.9 Å². The molecule has 1 aliphatic rings. The zero-order valence-corrected chi connectivity index (χ0v) is 16.6. The van der Waals surface area contributed by atoms with Crippen LogP contribution < -0.4 is 15.4 Å². The highest BCUT2D eigenvalue weighted by atomic mass is 16.7. The van der Waals surface area contributed by atoms with Gasteiger partial charge in [-0.05, 0) is 11.6 Å². The average molecular weight is 405 g/mol. The third-order valence-electron chi connectivity index (χ3n) is 4.61. The molecule has 3 aromatic rings. The molecule has 2 N–H and O–H groups in total. The lowest BCUT2D eigenvalue weighted by molar-refractivity contribution is 0.0472. The van der Waals surface area contributed by atoms with Crippen LogP contribution in [0.1, 0.15) is 6.42 Å². The molecule has 0 saturated heterocycles. The second kappa shape index (κ2) is 9.13. The number of carbonyl (C=O) groups is 1. The Kier molecular flexibility index (Phi) is 5.93. The van der Waals surface area contributed by atoms with E-state index in [1.807, 2.05) is 42.5 Å². The van der Waals surface area contributed by atoms with Crippen molar-refractivity contribution >= 4 is 17.4 Å². The minimum atomic E-state index is -0.317. The summed E-state index contributed by atoms with van der Waals surface area (Å²) in [6.45, 7) is 0.682. The molecule has 0 saturated carbocycles. The Balaban J connectivity index is 1.24. The number of carbonyl (C=O) groups excluding carboxylic acids is 1. The van der Waals surface area contributed by atoms with Gasteiger partial charge in [0.1, 0.15) is 12.4 Å². The Morgan fingerprint density at radius 1 is 1.20 bits per heavy atom. The Bertz CT molecular complexity index is 1030. The van der Waals surface area contributed by atoms with Crippen molar-refractivity contribution in [2.45, 2.75) is 12.5 Å². The third-order valence-corrected chi connectivity index (χ3v) is 4.61. The van der Waals surface area contributed by atoms with Crippen LogP contribution in [0.15, 0.2) is 72.1 Å². The van der Waals surface area contributed by atoms with Crippen LogP contribution in [0.2, 0.25) is 0 Å². The van der Waals surface area contributed by atoms with Crippen molar-refractivity contribution in [3.63, 3.8) is 0 Å². The second-order valence-electron chi connectivity index (χ2n) is 6.97. The predicted molar refractivity (Wildman–Crippen MR) is 115 cm³/mol. The number of aryl methyl sites for hydroxylation is 1. The molecule has 0 spiro atoms. The molecule has 8 nitrogen and oxygen atoms in total. The zero-order valence-electron chi connectivity index (χ0n) is 16.6. The number of nitrogens with zero attached hydrogens (tertiary/aromatic N) is 3. The summed E-state index contributed by atoms with van der Waals surface area (Å²) in [5.74, 6) is 0.801. The quantitative estimate of drug-likeness (QED) is 0.630. The lowest BCUT2D eigenvalue weighted by atomic mass is 10.0. The summed E-state index contributed by atoms with van der Waals surface area (Å²) in [5, 5.41) is 13.6. The fourth-order valence-corrected chi connectivity index (χ4v) is 3.16. The molecule has 8 heteroatoms. The minimum Gasteiger partial charge on any atom is -0.489 e. The smallest absolute Gasteiger partial charge is 0.319 e. The van der Waals surface area contributed by atoms with E-state index in [1.165, 1.54) is 0 Å². The van der Waals surface area contributed by atoms with Crippen molar-refractivity contribution < 1.29 is 14.4 Å². The summed E-state index contributed by atoms with van der Waals surface area (Å²) in [4.78, 5) is 17.4. The van der Waals surface area contributed by atoms with Crippen LogP contribution in [0, 0.1) is 0 Å². The SMILES string of the molecule is Cn1cc(NC(=O)NCC2=NOC(COc3ccccc3-c3ccccc3)C2)cn1. The lowest BCUT2D eigenvalue weighted by Crippen LogP contribution is -2.33. The van der Waals surface area contributed by atoms with Crippen molar-refractivity contribution in [3.8, 4) is 16.9 Å². The standard InChI is InChI=1S/C22H23N5O3/c1-27-14-18(13-24-27)25-22(28)23-12-17-11-19(30-26-17)15-29-21-10-6-5-9-20(21)16-7-3-2-4-8-16/h2-10,13-14,19H,11-12,15H2,1H3,(H2,23,25,28). The Labute approximate surface area is 174 Å². The number of urea groups is 1. The number of anilines is 1. The van der Waals surface area contributed by atoms with E-state index in [2.05, 4.69) is 33.0 Å². The fourth-order valence-electron chi connectivity index (χ4n) is 3.16. The van der Waals surface area contributed by atoms with E-state index in [9.17, 15) is 4.79 Å². The van der Waals surface area contributed by atoms with Gasteiger partial charge < -0.3 is 20.2 Å². The molecule has 30 heavy (non-hydrogen) atoms. The minimum absolute atomic E-state index is 0.188. The number of hydrogen-bond donors (Lipinski definition) is 2. The lowest BCUT2D eigenvalue weighted by Gasteiger charge is -2.14. The number of benzene rings is 2. The molecule has 0 radical (unpaired) electrons. The van der Waals surface area contributed by atoms with Gasteiger partial charge in [0.25, 0.3) is 0 Å². The van der Waals surface area contributed by atoms with E-state index in [0.29, 0.717) is 25.3 Å². The van der Waals surface area contributed by atoms with Gasteiger partial charge in [0.2, 0.25) is 0 Å². The molecule has 2 amide bonds. The van der Waals surface area contributed by atoms with Crippen molar-refractivity contribution in [2.24, 2.45) is 12.2 Å². The van der Waals surface area contributed by atoms with Crippen LogP contribution in [-0.4, -0.2) is 40.8 Å². The first-order valence-corrected chi connectivity index (χ1v) is 9.69. The van der Waals surface area contributed by atoms with Gasteiger partial charge in [0.05, 0.1) is 24.1 Å². The summed E-state index contributed by atoms with van der Waals surface area (Å²) in [7, 11) is 1.79. The molecule has 1 atom stereocenters. The molecule has 4 rings (SSSR count). The topological polar surface area (TPSA) is 89.8 Å². The normalized spacial score (nSPS) is 15.2. The van der Waals surface area contributed by atoms with Gasteiger partial charge in [-0.3, -0.25) is 4.68 Å². The number of aromatic nitrogens is 2. The van der Waals surface area contributed by atoms with Crippen LogP contribution >= 0.6 is 0 Å². The summed E-state index contributed by atoms with van der Waals surface area (Å²) >= 11 is 0. The first kappa shape index (κ1) is 19.5. The fraction of sp³-hybridized carbons (Fsp3) is 0.227. The highest BCUT2D eigenvalue weighted by Crippen LogP contribution is 2.30. The molecule has 1 aliphatic heterocycles. The van der Waals surface area contributed by atoms with Gasteiger partial charge in [-0.1, -0.05) is 53.7 Å². The Hall–Kier alpha value is -3.81. The van der Waals surface area contributed by atoms with E-state index in [0.717, 1.165) is 22.6 Å². The van der Waals surface area contributed by atoms with Gasteiger partial charge in [-0.25, -0.2) is 4.79 Å². The van der Waals surface area contributed by atoms with Gasteiger partial charge >= 0.3 is 6.03 Å². The average Bonchev–Trinajstić information content (AvgIpc) is 3.40. The summed E-state index contributed by atoms with van der Waals surface area (Å²) in [6.07, 6.45) is 3.71. The number of hydrogen-bond acceptors (Lipinski definition) is 5. The Morgan fingerprint density at radius 2 is 2.00 bits per heavy atom. The summed E-state index contributed by atoms with van der Waals surface area (Å²) in [5.41, 5.74) is 3.52. The first-order chi connectivity index (χ1) is 14.7. The highest BCUT2D eigenvalue weighted by molar-refractivity contribution is 5.94.